The van der Waals surface area contributed by atoms with Crippen LogP contribution in [-0.2, 0) is 0 Å². The molecule has 44 heavy (non-hydrogen) atoms. The van der Waals surface area contributed by atoms with Crippen molar-refractivity contribution in [2.45, 2.75) is 78.8 Å². The van der Waals surface area contributed by atoms with Gasteiger partial charge in [0.25, 0.3) is 0 Å². The van der Waals surface area contributed by atoms with Gasteiger partial charge in [0.15, 0.2) is 5.96 Å². The Hall–Kier alpha value is -0.266. The van der Waals surface area contributed by atoms with Gasteiger partial charge in [-0.25, -0.2) is 15.0 Å². The zero-order chi connectivity index (χ0) is 34.0. The van der Waals surface area contributed by atoms with Gasteiger partial charge in [0.05, 0.1) is 110 Å². The first-order valence-electron chi connectivity index (χ1n) is 13.0. The van der Waals surface area contributed by atoms with Crippen LogP contribution in [0.15, 0.2) is 4.90 Å². The summed E-state index contributed by atoms with van der Waals surface area (Å²) < 4.78 is 15.7. The summed E-state index contributed by atoms with van der Waals surface area (Å²) in [6.07, 6.45) is -7.56. The third-order valence-corrected chi connectivity index (χ3v) is 4.59. The Bertz CT molecular complexity index is 708. The van der Waals surface area contributed by atoms with Gasteiger partial charge < -0.3 is 47.4 Å². The third-order valence-electron chi connectivity index (χ3n) is 4.59. The molecule has 0 fully saturated rings. The van der Waals surface area contributed by atoms with E-state index in [1.807, 2.05) is 0 Å². The van der Waals surface area contributed by atoms with Crippen LogP contribution in [0.3, 0.4) is 0 Å². The van der Waals surface area contributed by atoms with Crippen LogP contribution in [0.5, 0.6) is 0 Å². The Morgan fingerprint density at radius 3 is 0.932 bits per heavy atom. The fourth-order valence-corrected chi connectivity index (χ4v) is 3.17. The van der Waals surface area contributed by atoms with Gasteiger partial charge in [-0.3, -0.25) is 16.0 Å². The van der Waals surface area contributed by atoms with Crippen molar-refractivity contribution in [1.82, 2.24) is 69.1 Å². The molecular weight excluding hydrogens is 545 g/mol. The molecule has 206 valence electrons. The molecule has 0 amide bonds. The number of hydrogen-bond acceptors (Lipinski definition) is 12. The fraction of sp³-hybridized carbons (Fsp3) is 0.929. The van der Waals surface area contributed by atoms with Crippen LogP contribution in [-0.4, -0.2) is 203 Å². The summed E-state index contributed by atoms with van der Waals surface area (Å²) in [6, 6.07) is 0. The highest BCUT2D eigenvalue weighted by Crippen LogP contribution is 1.91. The summed E-state index contributed by atoms with van der Waals surface area (Å²) in [5.74, 6) is -7.34. The molecule has 13 N–H and O–H groups in total. The van der Waals surface area contributed by atoms with E-state index in [-0.39, 0.29) is 5.96 Å². The molecule has 0 aliphatic rings. The molecule has 0 saturated heterocycles. The topological polar surface area (TPSA) is 169 Å². The molecular formula is C14H28B15FN14. The number of alkyl halides is 1. The van der Waals surface area contributed by atoms with Gasteiger partial charge in [-0.2, -0.15) is 0 Å². The largest absolute Gasteiger partial charge is 0.372 e. The number of rotatable bonds is 24. The molecule has 0 aromatic rings. The van der Waals surface area contributed by atoms with Crippen LogP contribution >= 0.6 is 0 Å². The van der Waals surface area contributed by atoms with Crippen molar-refractivity contribution in [3.05, 3.63) is 0 Å². The molecule has 0 spiro atoms. The lowest BCUT2D eigenvalue weighted by molar-refractivity contribution is 0.113. The predicted molar refractivity (Wildman–Crippen MR) is 188 cm³/mol. The molecule has 0 aromatic carbocycles. The summed E-state index contributed by atoms with van der Waals surface area (Å²) in [6.45, 7) is 0. The molecule has 0 aromatic heterocycles. The predicted octanol–water partition coefficient (Wildman–Crippen LogP) is -13.4. The van der Waals surface area contributed by atoms with Crippen molar-refractivity contribution >= 4 is 124 Å². The average Bonchev–Trinajstić information content (AvgIpc) is 2.80. The van der Waals surface area contributed by atoms with Crippen molar-refractivity contribution < 1.29 is 4.39 Å². The smallest absolute Gasteiger partial charge is 0.249 e. The lowest BCUT2D eigenvalue weighted by atomic mass is 9.77. The lowest BCUT2D eigenvalue weighted by Crippen LogP contribution is -2.74. The van der Waals surface area contributed by atoms with Crippen LogP contribution in [0.2, 0.25) is 0 Å². The summed E-state index contributed by atoms with van der Waals surface area (Å²) >= 11 is 0. The van der Waals surface area contributed by atoms with Crippen LogP contribution in [0.1, 0.15) is 0 Å². The minimum atomic E-state index is -2.09. The van der Waals surface area contributed by atoms with Gasteiger partial charge in [0, 0.05) is 0 Å². The highest BCUT2D eigenvalue weighted by molar-refractivity contribution is 6.38. The highest BCUT2D eigenvalue weighted by atomic mass is 19.1. The summed E-state index contributed by atoms with van der Waals surface area (Å²) in [5, 5.41) is 35.4. The van der Waals surface area contributed by atoms with Crippen LogP contribution in [0, 0.1) is 0 Å². The Kier molecular flexibility index (Phi) is 23.8. The van der Waals surface area contributed by atoms with E-state index in [0.29, 0.717) is 0 Å². The number of nitrogens with zero attached hydrogens (tertiary/aromatic N) is 1. The second-order valence-electron chi connectivity index (χ2n) is 8.90. The molecule has 28 radical (unpaired) electrons. The quantitative estimate of drug-likeness (QED) is 0.0173. The number of guanidine groups is 1. The molecule has 0 bridgehead atoms. The summed E-state index contributed by atoms with van der Waals surface area (Å²) in [4.78, 5) is 3.97. The van der Waals surface area contributed by atoms with Gasteiger partial charge in [-0.1, -0.05) is 35.0 Å². The molecule has 14 nitrogen and oxygen atoms in total. The maximum atomic E-state index is 15.7. The maximum Gasteiger partial charge on any atom is 0.249 e. The minimum absolute atomic E-state index is 0.0440. The molecule has 0 aliphatic heterocycles. The van der Waals surface area contributed by atoms with Gasteiger partial charge >= 0.3 is 0 Å². The zero-order valence-electron chi connectivity index (χ0n) is 24.4. The van der Waals surface area contributed by atoms with Crippen molar-refractivity contribution in [2.75, 3.05) is 0 Å². The Balaban J connectivity index is 6.16. The normalized spacial score (nSPS) is 14.5. The van der Waals surface area contributed by atoms with E-state index in [1.165, 1.54) is 7.98 Å². The highest BCUT2D eigenvalue weighted by Gasteiger charge is 2.26. The van der Waals surface area contributed by atoms with Crippen molar-refractivity contribution in [1.29, 1.82) is 0 Å². The first-order chi connectivity index (χ1) is 20.4. The van der Waals surface area contributed by atoms with E-state index >= 15 is 4.39 Å². The van der Waals surface area contributed by atoms with Crippen LogP contribution < -0.4 is 69.1 Å². The average molecular weight is 574 g/mol. The van der Waals surface area contributed by atoms with E-state index in [2.05, 4.69) is 74.0 Å². The standard InChI is InChI=1S/C14H28B15FN14/c15-1(16)31-9(32-2(17)18)40-12(41-10(33-3(19)20)34-4(21)22)38-8(30)39-13(43-14(44-29)37-7(27)28)42-11(35-5(23)24)36-6(25)26/h1-13,31-36,38-42H,29H2,(H2,37,43,44). The zero-order valence-corrected chi connectivity index (χ0v) is 24.4. The Morgan fingerprint density at radius 2 is 0.659 bits per heavy atom. The molecule has 2 unspecified atom stereocenters. The number of hydrogen-bond donors (Lipinski definition) is 13. The monoisotopic (exact) mass is 576 g/mol. The van der Waals surface area contributed by atoms with E-state index in [9.17, 15) is 0 Å². The first-order valence-corrected chi connectivity index (χ1v) is 13.0. The molecule has 0 rings (SSSR count). The fourth-order valence-electron chi connectivity index (χ4n) is 3.17. The van der Waals surface area contributed by atoms with Crippen molar-refractivity contribution in [3.63, 3.8) is 0 Å². The second-order valence-corrected chi connectivity index (χ2v) is 8.90. The number of halogens is 1. The lowest BCUT2D eigenvalue weighted by Gasteiger charge is -2.37. The van der Waals surface area contributed by atoms with Gasteiger partial charge in [0.2, 0.25) is 14.4 Å². The van der Waals surface area contributed by atoms with E-state index in [1.54, 1.807) is 0 Å². The molecule has 2 atom stereocenters. The molecule has 30 heteroatoms. The van der Waals surface area contributed by atoms with Crippen LogP contribution in [0.4, 0.5) is 4.39 Å². The van der Waals surface area contributed by atoms with E-state index in [4.69, 9.17) is 110 Å². The minimum Gasteiger partial charge on any atom is -0.372 e. The maximum absolute atomic E-state index is 15.7. The third kappa shape index (κ3) is 24.0. The van der Waals surface area contributed by atoms with Gasteiger partial charge in [-0.05, 0) is 5.84 Å². The first kappa shape index (κ1) is 43.7. The van der Waals surface area contributed by atoms with Crippen molar-refractivity contribution in [3.8, 4) is 0 Å². The van der Waals surface area contributed by atoms with E-state index in [0.717, 1.165) is 0 Å². The Morgan fingerprint density at radius 1 is 0.386 bits per heavy atom. The molecule has 0 saturated carbocycles. The van der Waals surface area contributed by atoms with Gasteiger partial charge in [-0.15, -0.1) is 0 Å². The number of nitrogens with one attached hydrogen (secondary N) is 13. The molecule has 0 aliphatic carbocycles. The molecule has 0 heterocycles. The second kappa shape index (κ2) is 24.0. The summed E-state index contributed by atoms with van der Waals surface area (Å²) in [5.41, 5.74) is 0. The van der Waals surface area contributed by atoms with Gasteiger partial charge in [0.1, 0.15) is 31.4 Å². The summed E-state index contributed by atoms with van der Waals surface area (Å²) in [7, 11) is 80.3. The SMILES string of the molecule is [B]C([B])NC(=NB)NC(NC(F)NC(NC(NC([B])[B])NC([B])[B])NC(NC([B])[B])NC([B])[B])NC(NC([B])[B])NC([B])[B]. The van der Waals surface area contributed by atoms with Crippen LogP contribution in [0.25, 0.3) is 0 Å². The van der Waals surface area contributed by atoms with E-state index < -0.39 is 78.8 Å². The Labute approximate surface area is 280 Å². The van der Waals surface area contributed by atoms with Crippen molar-refractivity contribution in [2.24, 2.45) is 4.90 Å².